The van der Waals surface area contributed by atoms with E-state index >= 15 is 0 Å². The lowest BCUT2D eigenvalue weighted by molar-refractivity contribution is 0.0700. The topological polar surface area (TPSA) is 75.4 Å². The summed E-state index contributed by atoms with van der Waals surface area (Å²) in [6.07, 6.45) is 7.60. The number of anilines is 2. The molecule has 1 N–H and O–H groups in total. The van der Waals surface area contributed by atoms with Crippen molar-refractivity contribution in [2.24, 2.45) is 0 Å². The molecule has 32 heavy (non-hydrogen) atoms. The van der Waals surface area contributed by atoms with Crippen molar-refractivity contribution < 1.29 is 4.79 Å². The number of likely N-dealkylation sites (tertiary alicyclic amines) is 1. The van der Waals surface area contributed by atoms with Gasteiger partial charge in [0.25, 0.3) is 5.91 Å². The Bertz CT molecular complexity index is 1290. The van der Waals surface area contributed by atoms with E-state index in [-0.39, 0.29) is 11.8 Å². The van der Waals surface area contributed by atoms with Crippen LogP contribution in [-0.2, 0) is 0 Å². The zero-order chi connectivity index (χ0) is 22.2. The number of carbonyl (C=O) groups is 1. The highest BCUT2D eigenvalue weighted by Gasteiger charge is 2.28. The molecule has 4 aromatic heterocycles. The van der Waals surface area contributed by atoms with Gasteiger partial charge in [-0.15, -0.1) is 11.3 Å². The molecule has 5 heterocycles. The van der Waals surface area contributed by atoms with Gasteiger partial charge in [0.05, 0.1) is 0 Å². The molecule has 0 spiro atoms. The maximum absolute atomic E-state index is 13.2. The first kappa shape index (κ1) is 20.6. The van der Waals surface area contributed by atoms with Gasteiger partial charge in [-0.1, -0.05) is 0 Å². The van der Waals surface area contributed by atoms with Gasteiger partial charge in [-0.05, 0) is 63.4 Å². The van der Waals surface area contributed by atoms with Crippen molar-refractivity contribution >= 4 is 33.7 Å². The second kappa shape index (κ2) is 8.35. The predicted octanol–water partition coefficient (Wildman–Crippen LogP) is 4.87. The number of pyridine rings is 2. The van der Waals surface area contributed by atoms with Crippen LogP contribution in [-0.4, -0.2) is 43.2 Å². The Balaban J connectivity index is 1.35. The van der Waals surface area contributed by atoms with Crippen molar-refractivity contribution in [1.82, 2.24) is 24.3 Å². The van der Waals surface area contributed by atoms with Crippen LogP contribution in [0.4, 0.5) is 10.8 Å². The molecule has 0 aromatic carbocycles. The lowest BCUT2D eigenvalue weighted by atomic mass is 9.93. The van der Waals surface area contributed by atoms with Crippen LogP contribution in [0.2, 0.25) is 0 Å². The molecule has 1 saturated heterocycles. The van der Waals surface area contributed by atoms with Gasteiger partial charge >= 0.3 is 0 Å². The number of hydrogen-bond acceptors (Lipinski definition) is 6. The minimum atomic E-state index is -0.0136. The minimum Gasteiger partial charge on any atom is -0.337 e. The van der Waals surface area contributed by atoms with Gasteiger partial charge in [-0.2, -0.15) is 0 Å². The summed E-state index contributed by atoms with van der Waals surface area (Å²) in [6.45, 7) is 7.48. The molecule has 164 valence electrons. The monoisotopic (exact) mass is 446 g/mol. The van der Waals surface area contributed by atoms with Gasteiger partial charge < -0.3 is 14.6 Å². The van der Waals surface area contributed by atoms with Crippen LogP contribution in [0.25, 0.3) is 5.65 Å². The first-order chi connectivity index (χ1) is 15.4. The number of fused-ring (bicyclic) bond motifs is 1. The summed E-state index contributed by atoms with van der Waals surface area (Å²) < 4.78 is 1.90. The van der Waals surface area contributed by atoms with E-state index in [1.807, 2.05) is 66.9 Å². The summed E-state index contributed by atoms with van der Waals surface area (Å²) in [6, 6.07) is 8.13. The molecule has 0 aliphatic carbocycles. The molecule has 1 unspecified atom stereocenters. The van der Waals surface area contributed by atoms with Crippen molar-refractivity contribution in [2.45, 2.75) is 39.5 Å². The SMILES string of the molecule is Cc1ccn2cc(C(=O)N3CCCC(c4cc(Nc5ncc(C)s5)cc(C)n4)C3)nc2c1. The smallest absolute Gasteiger partial charge is 0.274 e. The van der Waals surface area contributed by atoms with E-state index in [4.69, 9.17) is 4.98 Å². The number of rotatable bonds is 4. The molecule has 0 bridgehead atoms. The highest BCUT2D eigenvalue weighted by atomic mass is 32.1. The van der Waals surface area contributed by atoms with Crippen LogP contribution in [0.1, 0.15) is 51.1 Å². The standard InChI is InChI=1S/C24H26N6OS/c1-15-6-8-29-14-21(28-22(29)9-15)23(31)30-7-4-5-18(13-30)20-11-19(10-16(2)26-20)27-24-25-12-17(3)32-24/h6,8-12,14,18H,4-5,7,13H2,1-3H3,(H,25,26,27). The zero-order valence-corrected chi connectivity index (χ0v) is 19.3. The molecule has 1 aliphatic heterocycles. The van der Waals surface area contributed by atoms with Crippen LogP contribution >= 0.6 is 11.3 Å². The predicted molar refractivity (Wildman–Crippen MR) is 127 cm³/mol. The van der Waals surface area contributed by atoms with Crippen LogP contribution in [0.15, 0.2) is 42.9 Å². The third-order valence-corrected chi connectivity index (χ3v) is 6.64. The normalized spacial score (nSPS) is 16.5. The summed E-state index contributed by atoms with van der Waals surface area (Å²) >= 11 is 1.63. The number of aryl methyl sites for hydroxylation is 3. The summed E-state index contributed by atoms with van der Waals surface area (Å²) in [7, 11) is 0. The lowest BCUT2D eigenvalue weighted by Crippen LogP contribution is -2.39. The van der Waals surface area contributed by atoms with Gasteiger partial charge in [0.1, 0.15) is 11.3 Å². The zero-order valence-electron chi connectivity index (χ0n) is 18.5. The maximum Gasteiger partial charge on any atom is 0.274 e. The number of thiazole rings is 1. The average molecular weight is 447 g/mol. The molecule has 1 aliphatic rings. The number of carbonyl (C=O) groups excluding carboxylic acids is 1. The Morgan fingerprint density at radius 1 is 1.19 bits per heavy atom. The van der Waals surface area contributed by atoms with Crippen LogP contribution < -0.4 is 5.32 Å². The van der Waals surface area contributed by atoms with Crippen molar-refractivity contribution in [3.05, 3.63) is 70.4 Å². The first-order valence-electron chi connectivity index (χ1n) is 10.9. The Morgan fingerprint density at radius 2 is 2.06 bits per heavy atom. The molecule has 4 aromatic rings. The van der Waals surface area contributed by atoms with E-state index in [0.717, 1.165) is 52.8 Å². The molecule has 1 atom stereocenters. The number of piperidine rings is 1. The van der Waals surface area contributed by atoms with E-state index in [2.05, 4.69) is 21.4 Å². The van der Waals surface area contributed by atoms with Crippen molar-refractivity contribution in [3.8, 4) is 0 Å². The Morgan fingerprint density at radius 3 is 2.88 bits per heavy atom. The lowest BCUT2D eigenvalue weighted by Gasteiger charge is -2.32. The fraction of sp³-hybridized carbons (Fsp3) is 0.333. The molecule has 0 saturated carbocycles. The van der Waals surface area contributed by atoms with Crippen LogP contribution in [0.5, 0.6) is 0 Å². The van der Waals surface area contributed by atoms with E-state index in [0.29, 0.717) is 12.2 Å². The number of imidazole rings is 1. The Kier molecular flexibility index (Phi) is 5.38. The molecule has 1 amide bonds. The molecular formula is C24H26N6OS. The number of nitrogens with zero attached hydrogens (tertiary/aromatic N) is 5. The maximum atomic E-state index is 13.2. The van der Waals surface area contributed by atoms with Crippen LogP contribution in [0, 0.1) is 20.8 Å². The van der Waals surface area contributed by atoms with Gasteiger partial charge in [0.2, 0.25) is 0 Å². The van der Waals surface area contributed by atoms with Gasteiger partial charge in [0.15, 0.2) is 5.13 Å². The third-order valence-electron chi connectivity index (χ3n) is 5.81. The number of amides is 1. The van der Waals surface area contributed by atoms with Gasteiger partial charge in [-0.25, -0.2) is 9.97 Å². The highest BCUT2D eigenvalue weighted by molar-refractivity contribution is 7.15. The second-order valence-corrected chi connectivity index (χ2v) is 9.74. The largest absolute Gasteiger partial charge is 0.337 e. The van der Waals surface area contributed by atoms with Crippen molar-refractivity contribution in [2.75, 3.05) is 18.4 Å². The summed E-state index contributed by atoms with van der Waals surface area (Å²) in [5, 5.41) is 4.27. The highest BCUT2D eigenvalue weighted by Crippen LogP contribution is 2.30. The van der Waals surface area contributed by atoms with Gasteiger partial charge in [-0.3, -0.25) is 9.78 Å². The quantitative estimate of drug-likeness (QED) is 0.484. The van der Waals surface area contributed by atoms with E-state index < -0.39 is 0 Å². The Labute approximate surface area is 191 Å². The number of hydrogen-bond donors (Lipinski definition) is 1. The Hall–Kier alpha value is -3.26. The van der Waals surface area contributed by atoms with Crippen LogP contribution in [0.3, 0.4) is 0 Å². The number of nitrogens with one attached hydrogen (secondary N) is 1. The second-order valence-electron chi connectivity index (χ2n) is 8.51. The molecule has 1 fully saturated rings. The molecule has 7 nitrogen and oxygen atoms in total. The summed E-state index contributed by atoms with van der Waals surface area (Å²) in [5.74, 6) is 0.186. The average Bonchev–Trinajstić information content (AvgIpc) is 3.38. The number of aromatic nitrogens is 4. The van der Waals surface area contributed by atoms with E-state index in [1.165, 1.54) is 4.88 Å². The fourth-order valence-corrected chi connectivity index (χ4v) is 4.95. The minimum absolute atomic E-state index is 0.0136. The van der Waals surface area contributed by atoms with E-state index in [1.54, 1.807) is 11.3 Å². The first-order valence-corrected chi connectivity index (χ1v) is 11.7. The van der Waals surface area contributed by atoms with Crippen molar-refractivity contribution in [1.29, 1.82) is 0 Å². The summed E-state index contributed by atoms with van der Waals surface area (Å²) in [4.78, 5) is 30.1. The van der Waals surface area contributed by atoms with Gasteiger partial charge in [0, 0.05) is 59.6 Å². The third kappa shape index (κ3) is 4.23. The molecule has 5 rings (SSSR count). The van der Waals surface area contributed by atoms with Crippen molar-refractivity contribution in [3.63, 3.8) is 0 Å². The molecular weight excluding hydrogens is 420 g/mol. The molecule has 0 radical (unpaired) electrons. The fourth-order valence-electron chi connectivity index (χ4n) is 4.26. The van der Waals surface area contributed by atoms with E-state index in [9.17, 15) is 4.79 Å². The molecule has 8 heteroatoms. The summed E-state index contributed by atoms with van der Waals surface area (Å²) in [5.41, 5.74) is 5.38.